The first-order valence-corrected chi connectivity index (χ1v) is 5.89. The molecule has 1 unspecified atom stereocenters. The third-order valence-electron chi connectivity index (χ3n) is 2.49. The Kier molecular flexibility index (Phi) is 3.91. The minimum absolute atomic E-state index is 0.00462. The van der Waals surface area contributed by atoms with Gasteiger partial charge in [-0.15, -0.1) is 5.10 Å². The van der Waals surface area contributed by atoms with E-state index in [1.54, 1.807) is 19.2 Å². The van der Waals surface area contributed by atoms with E-state index in [9.17, 15) is 9.90 Å². The molecular formula is C11H15N5O3. The van der Waals surface area contributed by atoms with Gasteiger partial charge in [-0.1, -0.05) is 17.3 Å². The molecule has 0 aliphatic carbocycles. The van der Waals surface area contributed by atoms with Gasteiger partial charge in [-0.05, 0) is 13.3 Å². The van der Waals surface area contributed by atoms with Crippen LogP contribution in [-0.2, 0) is 11.3 Å². The average Bonchev–Trinajstić information content (AvgIpc) is 2.98. The highest BCUT2D eigenvalue weighted by molar-refractivity contribution is 5.89. The lowest BCUT2D eigenvalue weighted by molar-refractivity contribution is -0.117. The molecule has 19 heavy (non-hydrogen) atoms. The van der Waals surface area contributed by atoms with E-state index in [2.05, 4.69) is 20.8 Å². The molecule has 2 aromatic heterocycles. The third kappa shape index (κ3) is 3.38. The molecule has 102 valence electrons. The molecule has 8 heteroatoms. The zero-order valence-corrected chi connectivity index (χ0v) is 10.7. The van der Waals surface area contributed by atoms with Gasteiger partial charge >= 0.3 is 0 Å². The summed E-state index contributed by atoms with van der Waals surface area (Å²) in [5, 5.41) is 23.4. The van der Waals surface area contributed by atoms with Gasteiger partial charge in [0.25, 0.3) is 0 Å². The molecule has 0 radical (unpaired) electrons. The van der Waals surface area contributed by atoms with E-state index in [4.69, 9.17) is 4.52 Å². The highest BCUT2D eigenvalue weighted by Crippen LogP contribution is 2.12. The van der Waals surface area contributed by atoms with Crippen molar-refractivity contribution in [3.63, 3.8) is 0 Å². The molecule has 0 aliphatic rings. The zero-order chi connectivity index (χ0) is 13.8. The molecule has 0 spiro atoms. The van der Waals surface area contributed by atoms with Crippen LogP contribution in [0.4, 0.5) is 5.82 Å². The van der Waals surface area contributed by atoms with E-state index in [1.165, 1.54) is 4.68 Å². The Balaban J connectivity index is 1.93. The second kappa shape index (κ2) is 5.61. The second-order valence-corrected chi connectivity index (χ2v) is 4.14. The fraction of sp³-hybridized carbons (Fsp3) is 0.455. The summed E-state index contributed by atoms with van der Waals surface area (Å²) in [4.78, 5) is 11.7. The van der Waals surface area contributed by atoms with Crippen LogP contribution in [0, 0.1) is 6.92 Å². The van der Waals surface area contributed by atoms with Crippen molar-refractivity contribution < 1.29 is 14.4 Å². The molecule has 0 aromatic carbocycles. The SMILES string of the molecule is CCC(O)c1cn(CC(=O)Nc2cc(C)on2)nn1. The maximum atomic E-state index is 11.7. The Morgan fingerprint density at radius 2 is 2.42 bits per heavy atom. The number of anilines is 1. The number of aliphatic hydroxyl groups is 1. The lowest BCUT2D eigenvalue weighted by Crippen LogP contribution is -2.19. The summed E-state index contributed by atoms with van der Waals surface area (Å²) in [6.45, 7) is 3.57. The lowest BCUT2D eigenvalue weighted by atomic mass is 10.2. The van der Waals surface area contributed by atoms with Gasteiger partial charge < -0.3 is 14.9 Å². The van der Waals surface area contributed by atoms with Crippen LogP contribution in [0.2, 0.25) is 0 Å². The topological polar surface area (TPSA) is 106 Å². The summed E-state index contributed by atoms with van der Waals surface area (Å²) in [6.07, 6.45) is 1.43. The van der Waals surface area contributed by atoms with Crippen molar-refractivity contribution in [2.24, 2.45) is 0 Å². The van der Waals surface area contributed by atoms with Gasteiger partial charge in [-0.3, -0.25) is 4.79 Å². The van der Waals surface area contributed by atoms with E-state index in [1.807, 2.05) is 6.92 Å². The smallest absolute Gasteiger partial charge is 0.247 e. The Morgan fingerprint density at radius 1 is 1.63 bits per heavy atom. The van der Waals surface area contributed by atoms with Gasteiger partial charge in [0.2, 0.25) is 5.91 Å². The van der Waals surface area contributed by atoms with E-state index >= 15 is 0 Å². The normalized spacial score (nSPS) is 12.4. The quantitative estimate of drug-likeness (QED) is 0.822. The number of carbonyl (C=O) groups excluding carboxylic acids is 1. The molecule has 0 saturated heterocycles. The summed E-state index contributed by atoms with van der Waals surface area (Å²) in [7, 11) is 0. The summed E-state index contributed by atoms with van der Waals surface area (Å²) < 4.78 is 6.19. The molecule has 0 fully saturated rings. The molecule has 2 N–H and O–H groups in total. The average molecular weight is 265 g/mol. The minimum atomic E-state index is -0.657. The number of nitrogens with zero attached hydrogens (tertiary/aromatic N) is 4. The van der Waals surface area contributed by atoms with Crippen LogP contribution in [0.1, 0.15) is 30.9 Å². The fourth-order valence-electron chi connectivity index (χ4n) is 1.51. The van der Waals surface area contributed by atoms with Crippen molar-refractivity contribution in [3.8, 4) is 0 Å². The second-order valence-electron chi connectivity index (χ2n) is 4.14. The fourth-order valence-corrected chi connectivity index (χ4v) is 1.51. The Bertz CT molecular complexity index is 562. The first-order chi connectivity index (χ1) is 9.08. The molecule has 0 aliphatic heterocycles. The van der Waals surface area contributed by atoms with Crippen molar-refractivity contribution in [1.29, 1.82) is 0 Å². The van der Waals surface area contributed by atoms with Crippen LogP contribution in [-0.4, -0.2) is 31.2 Å². The number of hydrogen-bond acceptors (Lipinski definition) is 6. The van der Waals surface area contributed by atoms with Crippen molar-refractivity contribution in [2.45, 2.75) is 32.9 Å². The number of aryl methyl sites for hydroxylation is 1. The van der Waals surface area contributed by atoms with Gasteiger partial charge in [-0.25, -0.2) is 4.68 Å². The number of aromatic nitrogens is 4. The van der Waals surface area contributed by atoms with Gasteiger partial charge in [0.05, 0.1) is 12.3 Å². The predicted molar refractivity (Wildman–Crippen MR) is 65.1 cm³/mol. The van der Waals surface area contributed by atoms with E-state index in [-0.39, 0.29) is 12.5 Å². The van der Waals surface area contributed by atoms with Gasteiger partial charge in [-0.2, -0.15) is 0 Å². The monoisotopic (exact) mass is 265 g/mol. The maximum absolute atomic E-state index is 11.7. The van der Waals surface area contributed by atoms with Crippen molar-refractivity contribution in [1.82, 2.24) is 20.2 Å². The highest BCUT2D eigenvalue weighted by atomic mass is 16.5. The van der Waals surface area contributed by atoms with Gasteiger partial charge in [0.1, 0.15) is 18.0 Å². The van der Waals surface area contributed by atoms with Crippen molar-refractivity contribution >= 4 is 11.7 Å². The van der Waals surface area contributed by atoms with E-state index in [0.717, 1.165) is 0 Å². The maximum Gasteiger partial charge on any atom is 0.247 e. The summed E-state index contributed by atoms with van der Waals surface area (Å²) >= 11 is 0. The van der Waals surface area contributed by atoms with Gasteiger partial charge in [0.15, 0.2) is 5.82 Å². The third-order valence-corrected chi connectivity index (χ3v) is 2.49. The van der Waals surface area contributed by atoms with Crippen LogP contribution in [0.25, 0.3) is 0 Å². The molecule has 8 nitrogen and oxygen atoms in total. The van der Waals surface area contributed by atoms with Crippen LogP contribution >= 0.6 is 0 Å². The summed E-state index contributed by atoms with van der Waals surface area (Å²) in [5.41, 5.74) is 0.451. The van der Waals surface area contributed by atoms with Gasteiger partial charge in [0, 0.05) is 6.07 Å². The first-order valence-electron chi connectivity index (χ1n) is 5.89. The first kappa shape index (κ1) is 13.2. The molecule has 0 bridgehead atoms. The lowest BCUT2D eigenvalue weighted by Gasteiger charge is -2.01. The highest BCUT2D eigenvalue weighted by Gasteiger charge is 2.12. The van der Waals surface area contributed by atoms with Crippen LogP contribution in [0.3, 0.4) is 0 Å². The largest absolute Gasteiger partial charge is 0.387 e. The molecule has 2 aromatic rings. The molecule has 1 amide bonds. The number of nitrogens with one attached hydrogen (secondary N) is 1. The number of hydrogen-bond donors (Lipinski definition) is 2. The van der Waals surface area contributed by atoms with E-state index < -0.39 is 6.10 Å². The van der Waals surface area contributed by atoms with Crippen molar-refractivity contribution in [3.05, 3.63) is 23.7 Å². The molecule has 2 heterocycles. The number of carbonyl (C=O) groups is 1. The Morgan fingerprint density at radius 3 is 3.05 bits per heavy atom. The number of amides is 1. The molecule has 2 rings (SSSR count). The van der Waals surface area contributed by atoms with Crippen LogP contribution in [0.15, 0.2) is 16.8 Å². The van der Waals surface area contributed by atoms with Crippen molar-refractivity contribution in [2.75, 3.05) is 5.32 Å². The predicted octanol–water partition coefficient (Wildman–Crippen LogP) is 0.657. The Labute approximate surface area is 109 Å². The van der Waals surface area contributed by atoms with E-state index in [0.29, 0.717) is 23.7 Å². The number of rotatable bonds is 5. The van der Waals surface area contributed by atoms with Crippen LogP contribution in [0.5, 0.6) is 0 Å². The number of aliphatic hydroxyl groups excluding tert-OH is 1. The molecular weight excluding hydrogens is 250 g/mol. The molecule has 0 saturated carbocycles. The standard InChI is InChI=1S/C11H15N5O3/c1-3-9(17)8-5-16(15-13-8)6-11(18)12-10-4-7(2)19-14-10/h4-5,9,17H,3,6H2,1-2H3,(H,12,14,18). The molecule has 1 atom stereocenters. The minimum Gasteiger partial charge on any atom is -0.387 e. The van der Waals surface area contributed by atoms with Crippen LogP contribution < -0.4 is 5.32 Å². The summed E-state index contributed by atoms with van der Waals surface area (Å²) in [5.74, 6) is 0.677. The zero-order valence-electron chi connectivity index (χ0n) is 10.7. The Hall–Kier alpha value is -2.22. The summed E-state index contributed by atoms with van der Waals surface area (Å²) in [6, 6.07) is 1.62.